The Balaban J connectivity index is 2.30. The lowest BCUT2D eigenvalue weighted by Crippen LogP contribution is -2.01. The molecule has 2 aromatic heterocycles. The summed E-state index contributed by atoms with van der Waals surface area (Å²) in [5, 5.41) is 1.26. The lowest BCUT2D eigenvalue weighted by atomic mass is 10.1. The molecule has 0 fully saturated rings. The molecule has 5 nitrogen and oxygen atoms in total. The van der Waals surface area contributed by atoms with Gasteiger partial charge in [0.2, 0.25) is 5.28 Å². The lowest BCUT2D eigenvalue weighted by Gasteiger charge is -2.05. The van der Waals surface area contributed by atoms with Gasteiger partial charge in [-0.25, -0.2) is 14.8 Å². The highest BCUT2D eigenvalue weighted by molar-refractivity contribution is 6.33. The summed E-state index contributed by atoms with van der Waals surface area (Å²) in [6, 6.07) is 7.26. The van der Waals surface area contributed by atoms with E-state index in [2.05, 4.69) is 9.97 Å². The number of nitrogens with zero attached hydrogens (tertiary/aromatic N) is 3. The van der Waals surface area contributed by atoms with Crippen LogP contribution in [-0.4, -0.2) is 27.6 Å². The van der Waals surface area contributed by atoms with E-state index in [1.54, 1.807) is 12.1 Å². The molecule has 0 aliphatic carbocycles. The van der Waals surface area contributed by atoms with Gasteiger partial charge in [-0.2, -0.15) is 0 Å². The topological polar surface area (TPSA) is 57.0 Å². The van der Waals surface area contributed by atoms with E-state index in [9.17, 15) is 4.79 Å². The fourth-order valence-corrected chi connectivity index (χ4v) is 2.72. The van der Waals surface area contributed by atoms with Crippen molar-refractivity contribution in [1.82, 2.24) is 14.5 Å². The van der Waals surface area contributed by atoms with E-state index in [4.69, 9.17) is 27.9 Å². The van der Waals surface area contributed by atoms with Crippen LogP contribution < -0.4 is 0 Å². The van der Waals surface area contributed by atoms with Gasteiger partial charge in [-0.05, 0) is 29.8 Å². The summed E-state index contributed by atoms with van der Waals surface area (Å²) in [6.45, 7) is 0. The summed E-state index contributed by atoms with van der Waals surface area (Å²) in [5.74, 6) is -0.394. The first-order valence-corrected chi connectivity index (χ1v) is 7.13. The van der Waals surface area contributed by atoms with Gasteiger partial charge in [0.15, 0.2) is 0 Å². The van der Waals surface area contributed by atoms with Crippen LogP contribution in [0.4, 0.5) is 0 Å². The second kappa shape index (κ2) is 5.59. The van der Waals surface area contributed by atoms with E-state index in [0.717, 1.165) is 16.6 Å². The number of hydrogen-bond donors (Lipinski definition) is 0. The van der Waals surface area contributed by atoms with Crippen molar-refractivity contribution in [2.75, 3.05) is 7.11 Å². The monoisotopic (exact) mass is 335 g/mol. The molecule has 112 valence electrons. The normalized spacial score (nSPS) is 10.9. The Morgan fingerprint density at radius 2 is 2.09 bits per heavy atom. The van der Waals surface area contributed by atoms with Crippen LogP contribution in [0.1, 0.15) is 10.4 Å². The molecule has 22 heavy (non-hydrogen) atoms. The van der Waals surface area contributed by atoms with E-state index in [0.29, 0.717) is 16.3 Å². The third-order valence-corrected chi connectivity index (χ3v) is 3.91. The highest BCUT2D eigenvalue weighted by atomic mass is 35.5. The van der Waals surface area contributed by atoms with Crippen molar-refractivity contribution in [2.45, 2.75) is 0 Å². The third-order valence-electron chi connectivity index (χ3n) is 3.45. The quantitative estimate of drug-likeness (QED) is 0.529. The first kappa shape index (κ1) is 14.8. The minimum Gasteiger partial charge on any atom is -0.465 e. The zero-order valence-electron chi connectivity index (χ0n) is 11.8. The molecular formula is C15H11Cl2N3O2. The molecule has 0 radical (unpaired) electrons. The van der Waals surface area contributed by atoms with Gasteiger partial charge in [0, 0.05) is 18.0 Å². The number of aromatic nitrogens is 3. The number of esters is 1. The molecule has 0 unspecified atom stereocenters. The maximum Gasteiger partial charge on any atom is 0.338 e. The van der Waals surface area contributed by atoms with Gasteiger partial charge < -0.3 is 9.30 Å². The first-order chi connectivity index (χ1) is 10.5. The fourth-order valence-electron chi connectivity index (χ4n) is 2.40. The van der Waals surface area contributed by atoms with Crippen LogP contribution in [0, 0.1) is 0 Å². The molecular weight excluding hydrogens is 325 g/mol. The predicted octanol–water partition coefficient (Wildman–Crippen LogP) is 3.73. The molecule has 1 aromatic carbocycles. The van der Waals surface area contributed by atoms with Crippen LogP contribution in [-0.2, 0) is 11.8 Å². The van der Waals surface area contributed by atoms with Gasteiger partial charge in [-0.15, -0.1) is 0 Å². The number of carbonyl (C=O) groups is 1. The van der Waals surface area contributed by atoms with Crippen LogP contribution in [0.25, 0.3) is 22.3 Å². The Labute approximate surface area is 136 Å². The fraction of sp³-hybridized carbons (Fsp3) is 0.133. The zero-order valence-corrected chi connectivity index (χ0v) is 13.3. The van der Waals surface area contributed by atoms with Crippen molar-refractivity contribution >= 4 is 40.1 Å². The predicted molar refractivity (Wildman–Crippen MR) is 85.3 cm³/mol. The molecule has 7 heteroatoms. The van der Waals surface area contributed by atoms with E-state index < -0.39 is 5.97 Å². The van der Waals surface area contributed by atoms with E-state index in [1.165, 1.54) is 13.3 Å². The van der Waals surface area contributed by atoms with Gasteiger partial charge in [0.25, 0.3) is 0 Å². The Morgan fingerprint density at radius 1 is 1.32 bits per heavy atom. The number of methoxy groups -OCH3 is 1. The van der Waals surface area contributed by atoms with Gasteiger partial charge in [-0.1, -0.05) is 17.7 Å². The van der Waals surface area contributed by atoms with Crippen molar-refractivity contribution < 1.29 is 9.53 Å². The zero-order chi connectivity index (χ0) is 15.9. The summed E-state index contributed by atoms with van der Waals surface area (Å²) in [4.78, 5) is 19.9. The van der Waals surface area contributed by atoms with Gasteiger partial charge in [0.05, 0.1) is 29.6 Å². The van der Waals surface area contributed by atoms with Gasteiger partial charge >= 0.3 is 5.97 Å². The maximum atomic E-state index is 11.9. The number of ether oxygens (including phenoxy) is 1. The second-order valence-electron chi connectivity index (χ2n) is 4.65. The molecule has 0 aliphatic rings. The highest BCUT2D eigenvalue weighted by Crippen LogP contribution is 2.32. The molecule has 0 amide bonds. The lowest BCUT2D eigenvalue weighted by molar-refractivity contribution is 0.0603. The van der Waals surface area contributed by atoms with E-state index in [1.807, 2.05) is 23.7 Å². The first-order valence-electron chi connectivity index (χ1n) is 6.38. The Bertz CT molecular complexity index is 890. The van der Waals surface area contributed by atoms with Crippen LogP contribution >= 0.6 is 23.2 Å². The van der Waals surface area contributed by atoms with Gasteiger partial charge in [-0.3, -0.25) is 0 Å². The Kier molecular flexibility index (Phi) is 3.76. The minimum atomic E-state index is -0.394. The average molecular weight is 336 g/mol. The summed E-state index contributed by atoms with van der Waals surface area (Å²) < 4.78 is 6.72. The summed E-state index contributed by atoms with van der Waals surface area (Å²) >= 11 is 12.0. The van der Waals surface area contributed by atoms with Crippen molar-refractivity contribution in [1.29, 1.82) is 0 Å². The van der Waals surface area contributed by atoms with Crippen molar-refractivity contribution in [3.63, 3.8) is 0 Å². The Morgan fingerprint density at radius 3 is 2.82 bits per heavy atom. The van der Waals surface area contributed by atoms with Crippen LogP contribution in [0.15, 0.2) is 30.5 Å². The second-order valence-corrected chi connectivity index (χ2v) is 5.40. The van der Waals surface area contributed by atoms with Crippen LogP contribution in [0.3, 0.4) is 0 Å². The third kappa shape index (κ3) is 2.32. The van der Waals surface area contributed by atoms with Gasteiger partial charge in [0.1, 0.15) is 5.69 Å². The van der Waals surface area contributed by atoms with E-state index >= 15 is 0 Å². The summed E-state index contributed by atoms with van der Waals surface area (Å²) in [6.07, 6.45) is 1.45. The smallest absolute Gasteiger partial charge is 0.338 e. The number of aryl methyl sites for hydroxylation is 1. The molecule has 3 rings (SSSR count). The number of carbonyl (C=O) groups excluding carboxylic acids is 1. The molecule has 0 atom stereocenters. The largest absolute Gasteiger partial charge is 0.465 e. The molecule has 0 spiro atoms. The van der Waals surface area contributed by atoms with Crippen LogP contribution in [0.2, 0.25) is 10.3 Å². The number of hydrogen-bond acceptors (Lipinski definition) is 4. The molecule has 0 N–H and O–H groups in total. The molecule has 0 saturated carbocycles. The summed E-state index contributed by atoms with van der Waals surface area (Å²) in [5.41, 5.74) is 2.60. The number of benzene rings is 1. The number of rotatable bonds is 2. The average Bonchev–Trinajstić information content (AvgIpc) is 2.86. The molecule has 0 bridgehead atoms. The molecule has 0 saturated heterocycles. The SMILES string of the molecule is COC(=O)c1cccc2c1cc(-c1nc(Cl)ncc1Cl)n2C. The van der Waals surface area contributed by atoms with Crippen molar-refractivity contribution in [2.24, 2.45) is 7.05 Å². The van der Waals surface area contributed by atoms with E-state index in [-0.39, 0.29) is 5.28 Å². The Hall–Kier alpha value is -2.11. The number of fused-ring (bicyclic) bond motifs is 1. The number of halogens is 2. The summed E-state index contributed by atoms with van der Waals surface area (Å²) in [7, 11) is 3.22. The molecule has 2 heterocycles. The molecule has 3 aromatic rings. The molecule has 0 aliphatic heterocycles. The highest BCUT2D eigenvalue weighted by Gasteiger charge is 2.18. The van der Waals surface area contributed by atoms with Crippen molar-refractivity contribution in [3.8, 4) is 11.4 Å². The maximum absolute atomic E-state index is 11.9. The standard InChI is InChI=1S/C15H11Cl2N3O2/c1-20-11-5-3-4-8(14(21)22-2)9(11)6-12(20)13-10(16)7-18-15(17)19-13/h3-7H,1-2H3. The minimum absolute atomic E-state index is 0.109. The van der Waals surface area contributed by atoms with Crippen molar-refractivity contribution in [3.05, 3.63) is 46.3 Å². The van der Waals surface area contributed by atoms with Crippen LogP contribution in [0.5, 0.6) is 0 Å².